The molecule has 4 nitrogen and oxygen atoms in total. The molecule has 0 aromatic carbocycles. The van der Waals surface area contributed by atoms with Crippen LogP contribution in [0.4, 0.5) is 0 Å². The highest BCUT2D eigenvalue weighted by molar-refractivity contribution is 7.80. The van der Waals surface area contributed by atoms with Gasteiger partial charge in [-0.05, 0) is 44.9 Å². The molecule has 0 aliphatic carbocycles. The molecule has 0 rings (SSSR count). The number of allylic oxidation sites excluding steroid dienone is 6. The zero-order chi connectivity index (χ0) is 19.5. The maximum absolute atomic E-state index is 11.6. The number of unbranched alkanes of at least 4 members (excludes halogenated alkanes) is 5. The summed E-state index contributed by atoms with van der Waals surface area (Å²) in [6, 6.07) is -0.899. The molecule has 5 heteroatoms. The maximum Gasteiger partial charge on any atom is 0.327 e. The second kappa shape index (κ2) is 18.3. The molecule has 0 bridgehead atoms. The molecule has 0 spiro atoms. The van der Waals surface area contributed by atoms with Crippen molar-refractivity contribution >= 4 is 24.5 Å². The van der Waals surface area contributed by atoms with Crippen LogP contribution in [-0.2, 0) is 9.59 Å². The second-order valence-electron chi connectivity index (χ2n) is 6.27. The second-order valence-corrected chi connectivity index (χ2v) is 6.63. The minimum atomic E-state index is -1.05. The number of aliphatic carboxylic acids is 1. The van der Waals surface area contributed by atoms with Crippen molar-refractivity contribution in [3.05, 3.63) is 36.5 Å². The number of carbonyl (C=O) groups excluding carboxylic acids is 1. The molecule has 0 aromatic heterocycles. The smallest absolute Gasteiger partial charge is 0.327 e. The van der Waals surface area contributed by atoms with Gasteiger partial charge in [-0.2, -0.15) is 12.6 Å². The predicted molar refractivity (Wildman–Crippen MR) is 113 cm³/mol. The number of hydrogen-bond acceptors (Lipinski definition) is 3. The number of carboxylic acids is 1. The molecule has 0 fully saturated rings. The Morgan fingerprint density at radius 3 is 1.96 bits per heavy atom. The van der Waals surface area contributed by atoms with Crippen molar-refractivity contribution < 1.29 is 14.7 Å². The highest BCUT2D eigenvalue weighted by Gasteiger charge is 2.17. The van der Waals surface area contributed by atoms with Gasteiger partial charge in [-0.15, -0.1) is 0 Å². The first-order valence-electron chi connectivity index (χ1n) is 9.69. The SMILES string of the molecule is CCCCC/C=C\C/C=C\C/C=C\CCCCC(=O)N[C@@H](CS)C(=O)O. The lowest BCUT2D eigenvalue weighted by Crippen LogP contribution is -2.42. The van der Waals surface area contributed by atoms with Crippen LogP contribution in [0.2, 0.25) is 0 Å². The van der Waals surface area contributed by atoms with Crippen LogP contribution in [0.15, 0.2) is 36.5 Å². The molecule has 0 radical (unpaired) electrons. The largest absolute Gasteiger partial charge is 0.480 e. The van der Waals surface area contributed by atoms with Crippen LogP contribution in [0, 0.1) is 0 Å². The van der Waals surface area contributed by atoms with E-state index >= 15 is 0 Å². The number of nitrogens with one attached hydrogen (secondary N) is 1. The Labute approximate surface area is 164 Å². The normalized spacial score (nSPS) is 13.0. The molecule has 0 saturated heterocycles. The molecule has 2 N–H and O–H groups in total. The molecule has 1 atom stereocenters. The molecular weight excluding hydrogens is 346 g/mol. The van der Waals surface area contributed by atoms with Gasteiger partial charge in [0.25, 0.3) is 0 Å². The van der Waals surface area contributed by atoms with E-state index in [1.54, 1.807) is 0 Å². The minimum absolute atomic E-state index is 0.103. The maximum atomic E-state index is 11.6. The van der Waals surface area contributed by atoms with Gasteiger partial charge in [0.05, 0.1) is 0 Å². The van der Waals surface area contributed by atoms with Crippen LogP contribution in [-0.4, -0.2) is 28.8 Å². The van der Waals surface area contributed by atoms with Gasteiger partial charge in [0.15, 0.2) is 0 Å². The zero-order valence-electron chi connectivity index (χ0n) is 16.0. The highest BCUT2D eigenvalue weighted by Crippen LogP contribution is 2.03. The Kier molecular flexibility index (Phi) is 17.3. The third kappa shape index (κ3) is 16.0. The van der Waals surface area contributed by atoms with Crippen LogP contribution in [0.3, 0.4) is 0 Å². The Balaban J connectivity index is 3.57. The fourth-order valence-electron chi connectivity index (χ4n) is 2.29. The molecule has 148 valence electrons. The summed E-state index contributed by atoms with van der Waals surface area (Å²) >= 11 is 3.92. The number of hydrogen-bond donors (Lipinski definition) is 3. The molecule has 0 aliphatic rings. The molecule has 0 saturated carbocycles. The molecule has 0 aliphatic heterocycles. The van der Waals surface area contributed by atoms with Gasteiger partial charge in [-0.25, -0.2) is 4.79 Å². The van der Waals surface area contributed by atoms with E-state index in [2.05, 4.69) is 61.3 Å². The van der Waals surface area contributed by atoms with Gasteiger partial charge in [-0.3, -0.25) is 4.79 Å². The van der Waals surface area contributed by atoms with Crippen molar-refractivity contribution in [1.82, 2.24) is 5.32 Å². The van der Waals surface area contributed by atoms with Crippen LogP contribution in [0.1, 0.15) is 71.1 Å². The summed E-state index contributed by atoms with van der Waals surface area (Å²) in [5.74, 6) is -1.16. The standard InChI is InChI=1S/C21H35NO3S/c1-2-3-4-5-6-7-8-9-10-11-12-13-14-15-16-17-20(23)22-19(18-26)21(24)25/h6-7,9-10,12-13,19,26H,2-5,8,11,14-18H2,1H3,(H,22,23)(H,24,25)/b7-6-,10-9-,13-12-/t19-/m0/s1. The Bertz CT molecular complexity index is 458. The van der Waals surface area contributed by atoms with Crippen LogP contribution in [0.5, 0.6) is 0 Å². The third-order valence-electron chi connectivity index (χ3n) is 3.86. The van der Waals surface area contributed by atoms with E-state index in [1.165, 1.54) is 25.7 Å². The van der Waals surface area contributed by atoms with Crippen molar-refractivity contribution in [2.24, 2.45) is 0 Å². The monoisotopic (exact) mass is 381 g/mol. The summed E-state index contributed by atoms with van der Waals surface area (Å²) in [5.41, 5.74) is 0. The number of amides is 1. The molecule has 0 heterocycles. The summed E-state index contributed by atoms with van der Waals surface area (Å²) in [6.07, 6.45) is 23.1. The molecule has 1 amide bonds. The quantitative estimate of drug-likeness (QED) is 0.198. The highest BCUT2D eigenvalue weighted by atomic mass is 32.1. The summed E-state index contributed by atoms with van der Waals surface area (Å²) in [7, 11) is 0. The summed E-state index contributed by atoms with van der Waals surface area (Å²) in [5, 5.41) is 11.3. The van der Waals surface area contributed by atoms with Gasteiger partial charge in [-0.1, -0.05) is 56.2 Å². The Morgan fingerprint density at radius 1 is 0.923 bits per heavy atom. The van der Waals surface area contributed by atoms with Gasteiger partial charge in [0, 0.05) is 12.2 Å². The van der Waals surface area contributed by atoms with Crippen LogP contribution < -0.4 is 5.32 Å². The first-order chi connectivity index (χ1) is 12.6. The average Bonchev–Trinajstić information content (AvgIpc) is 2.62. The van der Waals surface area contributed by atoms with Gasteiger partial charge in [0.2, 0.25) is 5.91 Å². The van der Waals surface area contributed by atoms with E-state index in [4.69, 9.17) is 5.11 Å². The van der Waals surface area contributed by atoms with Crippen molar-refractivity contribution in [1.29, 1.82) is 0 Å². The third-order valence-corrected chi connectivity index (χ3v) is 4.22. The molecular formula is C21H35NO3S. The lowest BCUT2D eigenvalue weighted by atomic mass is 10.1. The van der Waals surface area contributed by atoms with Crippen molar-refractivity contribution in [2.75, 3.05) is 5.75 Å². The summed E-state index contributed by atoms with van der Waals surface area (Å²) in [4.78, 5) is 22.4. The lowest BCUT2D eigenvalue weighted by Gasteiger charge is -2.11. The fraction of sp³-hybridized carbons (Fsp3) is 0.619. The number of carboxylic acid groups (broad SMARTS) is 1. The Morgan fingerprint density at radius 2 is 1.46 bits per heavy atom. The predicted octanol–water partition coefficient (Wildman–Crippen LogP) is 5.08. The minimum Gasteiger partial charge on any atom is -0.480 e. The number of rotatable bonds is 16. The van der Waals surface area contributed by atoms with Gasteiger partial charge >= 0.3 is 5.97 Å². The average molecular weight is 382 g/mol. The zero-order valence-corrected chi connectivity index (χ0v) is 16.9. The summed E-state index contributed by atoms with van der Waals surface area (Å²) in [6.45, 7) is 2.22. The van der Waals surface area contributed by atoms with E-state index < -0.39 is 12.0 Å². The van der Waals surface area contributed by atoms with Crippen molar-refractivity contribution in [3.63, 3.8) is 0 Å². The Hall–Kier alpha value is -1.49. The molecule has 26 heavy (non-hydrogen) atoms. The topological polar surface area (TPSA) is 66.4 Å². The van der Waals surface area contributed by atoms with Gasteiger partial charge < -0.3 is 10.4 Å². The van der Waals surface area contributed by atoms with Crippen molar-refractivity contribution in [2.45, 2.75) is 77.2 Å². The van der Waals surface area contributed by atoms with Crippen molar-refractivity contribution in [3.8, 4) is 0 Å². The van der Waals surface area contributed by atoms with E-state index in [0.29, 0.717) is 6.42 Å². The van der Waals surface area contributed by atoms with Crippen LogP contribution in [0.25, 0.3) is 0 Å². The summed E-state index contributed by atoms with van der Waals surface area (Å²) < 4.78 is 0. The first-order valence-corrected chi connectivity index (χ1v) is 10.3. The fourth-order valence-corrected chi connectivity index (χ4v) is 2.54. The number of carbonyl (C=O) groups is 2. The van der Waals surface area contributed by atoms with E-state index in [0.717, 1.165) is 32.1 Å². The lowest BCUT2D eigenvalue weighted by molar-refractivity contribution is -0.141. The van der Waals surface area contributed by atoms with Crippen LogP contribution >= 0.6 is 12.6 Å². The first kappa shape index (κ1) is 24.5. The molecule has 0 unspecified atom stereocenters. The van der Waals surface area contributed by atoms with E-state index in [-0.39, 0.29) is 11.7 Å². The van der Waals surface area contributed by atoms with E-state index in [9.17, 15) is 9.59 Å². The van der Waals surface area contributed by atoms with E-state index in [1.807, 2.05) is 0 Å². The number of thiol groups is 1. The van der Waals surface area contributed by atoms with Gasteiger partial charge in [0.1, 0.15) is 6.04 Å². The molecule has 0 aromatic rings.